The van der Waals surface area contributed by atoms with Crippen LogP contribution in [0.4, 0.5) is 0 Å². The van der Waals surface area contributed by atoms with Gasteiger partial charge in [0.05, 0.1) is 5.69 Å². The third-order valence-electron chi connectivity index (χ3n) is 3.51. The maximum Gasteiger partial charge on any atom is 0.121 e. The first kappa shape index (κ1) is 12.8. The van der Waals surface area contributed by atoms with Crippen LogP contribution >= 0.6 is 0 Å². The molecule has 0 aliphatic rings. The van der Waals surface area contributed by atoms with E-state index in [9.17, 15) is 5.11 Å². The van der Waals surface area contributed by atoms with Crippen LogP contribution in [-0.4, -0.2) is 14.9 Å². The van der Waals surface area contributed by atoms with Crippen LogP contribution in [0.15, 0.2) is 24.4 Å². The monoisotopic (exact) mass is 244 g/mol. The minimum absolute atomic E-state index is 0.605. The first-order valence-corrected chi connectivity index (χ1v) is 6.32. The number of benzene rings is 1. The molecule has 0 saturated carbocycles. The molecule has 2 aromatic rings. The van der Waals surface area contributed by atoms with Crippen molar-refractivity contribution in [2.24, 2.45) is 0 Å². The molecule has 0 saturated heterocycles. The van der Waals surface area contributed by atoms with Gasteiger partial charge in [-0.15, -0.1) is 0 Å². The fraction of sp³-hybridized carbons (Fsp3) is 0.400. The summed E-state index contributed by atoms with van der Waals surface area (Å²) in [7, 11) is 0. The Labute approximate surface area is 108 Å². The third-order valence-corrected chi connectivity index (χ3v) is 3.51. The van der Waals surface area contributed by atoms with Crippen LogP contribution in [-0.2, 0) is 6.54 Å². The number of aromatic nitrogens is 2. The van der Waals surface area contributed by atoms with E-state index in [2.05, 4.69) is 31.1 Å². The molecular formula is C15H20N2O. The van der Waals surface area contributed by atoms with Crippen molar-refractivity contribution in [2.45, 2.75) is 40.3 Å². The Hall–Kier alpha value is -1.61. The van der Waals surface area contributed by atoms with Crippen molar-refractivity contribution in [2.75, 3.05) is 0 Å². The number of hydrogen-bond donors (Lipinski definition) is 1. The van der Waals surface area contributed by atoms with Crippen LogP contribution in [0.5, 0.6) is 0 Å². The van der Waals surface area contributed by atoms with E-state index in [1.807, 2.05) is 24.6 Å². The molecule has 96 valence electrons. The Balaban J connectivity index is 2.46. The molecule has 1 atom stereocenters. The Morgan fingerprint density at radius 1 is 1.17 bits per heavy atom. The molecule has 0 spiro atoms. The van der Waals surface area contributed by atoms with Crippen LogP contribution in [0, 0.1) is 20.8 Å². The van der Waals surface area contributed by atoms with Gasteiger partial charge in [-0.3, -0.25) is 4.68 Å². The molecule has 1 unspecified atom stereocenters. The quantitative estimate of drug-likeness (QED) is 0.901. The van der Waals surface area contributed by atoms with Crippen LogP contribution in [0.2, 0.25) is 0 Å². The average molecular weight is 244 g/mol. The molecule has 0 aliphatic carbocycles. The van der Waals surface area contributed by atoms with Crippen molar-refractivity contribution in [3.63, 3.8) is 0 Å². The first-order chi connectivity index (χ1) is 8.54. The smallest absolute Gasteiger partial charge is 0.121 e. The Bertz CT molecular complexity index is 558. The fourth-order valence-corrected chi connectivity index (χ4v) is 2.28. The number of hydrogen-bond acceptors (Lipinski definition) is 2. The zero-order valence-electron chi connectivity index (χ0n) is 11.4. The summed E-state index contributed by atoms with van der Waals surface area (Å²) in [4.78, 5) is 0. The number of nitrogens with zero attached hydrogens (tertiary/aromatic N) is 2. The summed E-state index contributed by atoms with van der Waals surface area (Å²) >= 11 is 0. The standard InChI is InChI=1S/C15H20N2O/c1-5-17-14(6-7-16-17)15(18)13-9-11(3)10(2)8-12(13)4/h6-9,15,18H,5H2,1-4H3. The predicted molar refractivity (Wildman–Crippen MR) is 72.6 cm³/mol. The highest BCUT2D eigenvalue weighted by Gasteiger charge is 2.17. The molecule has 0 bridgehead atoms. The second-order valence-electron chi connectivity index (χ2n) is 4.77. The molecular weight excluding hydrogens is 224 g/mol. The topological polar surface area (TPSA) is 38.0 Å². The van der Waals surface area contributed by atoms with E-state index < -0.39 is 6.10 Å². The summed E-state index contributed by atoms with van der Waals surface area (Å²) in [6.45, 7) is 8.99. The van der Waals surface area contributed by atoms with E-state index >= 15 is 0 Å². The minimum atomic E-state index is -0.605. The van der Waals surface area contributed by atoms with Gasteiger partial charge in [0, 0.05) is 12.7 Å². The number of rotatable bonds is 3. The van der Waals surface area contributed by atoms with Crippen LogP contribution in [0.1, 0.15) is 41.0 Å². The van der Waals surface area contributed by atoms with Gasteiger partial charge in [-0.05, 0) is 56.0 Å². The van der Waals surface area contributed by atoms with Crippen molar-refractivity contribution >= 4 is 0 Å². The van der Waals surface area contributed by atoms with E-state index in [0.29, 0.717) is 0 Å². The van der Waals surface area contributed by atoms with E-state index in [1.165, 1.54) is 11.1 Å². The molecule has 1 aromatic heterocycles. The van der Waals surface area contributed by atoms with E-state index in [0.717, 1.165) is 23.4 Å². The molecule has 1 aromatic carbocycles. The van der Waals surface area contributed by atoms with Crippen LogP contribution in [0.25, 0.3) is 0 Å². The predicted octanol–water partition coefficient (Wildman–Crippen LogP) is 2.91. The molecule has 18 heavy (non-hydrogen) atoms. The lowest BCUT2D eigenvalue weighted by molar-refractivity contribution is 0.207. The normalized spacial score (nSPS) is 12.7. The Morgan fingerprint density at radius 2 is 1.83 bits per heavy atom. The molecule has 0 radical (unpaired) electrons. The molecule has 3 nitrogen and oxygen atoms in total. The molecule has 1 heterocycles. The molecule has 0 fully saturated rings. The summed E-state index contributed by atoms with van der Waals surface area (Å²) in [5.41, 5.74) is 5.40. The van der Waals surface area contributed by atoms with Gasteiger partial charge in [-0.1, -0.05) is 12.1 Å². The highest BCUT2D eigenvalue weighted by Crippen LogP contribution is 2.26. The van der Waals surface area contributed by atoms with Crippen molar-refractivity contribution in [3.8, 4) is 0 Å². The molecule has 1 N–H and O–H groups in total. The van der Waals surface area contributed by atoms with Crippen LogP contribution < -0.4 is 0 Å². The zero-order chi connectivity index (χ0) is 13.3. The van der Waals surface area contributed by atoms with Gasteiger partial charge in [-0.25, -0.2) is 0 Å². The fourth-order valence-electron chi connectivity index (χ4n) is 2.28. The number of aliphatic hydroxyl groups excluding tert-OH is 1. The number of aliphatic hydroxyl groups is 1. The molecule has 2 rings (SSSR count). The largest absolute Gasteiger partial charge is 0.382 e. The van der Waals surface area contributed by atoms with Gasteiger partial charge < -0.3 is 5.11 Å². The average Bonchev–Trinajstić information content (AvgIpc) is 2.81. The Morgan fingerprint density at radius 3 is 2.50 bits per heavy atom. The first-order valence-electron chi connectivity index (χ1n) is 6.32. The maximum atomic E-state index is 10.5. The van der Waals surface area contributed by atoms with Gasteiger partial charge in [0.2, 0.25) is 0 Å². The summed E-state index contributed by atoms with van der Waals surface area (Å²) in [6, 6.07) is 6.08. The summed E-state index contributed by atoms with van der Waals surface area (Å²) in [6.07, 6.45) is 1.13. The highest BCUT2D eigenvalue weighted by molar-refractivity contribution is 5.40. The van der Waals surface area contributed by atoms with Gasteiger partial charge >= 0.3 is 0 Å². The molecule has 3 heteroatoms. The summed E-state index contributed by atoms with van der Waals surface area (Å²) in [5.74, 6) is 0. The molecule has 0 aliphatic heterocycles. The lowest BCUT2D eigenvalue weighted by Crippen LogP contribution is -2.10. The lowest BCUT2D eigenvalue weighted by atomic mass is 9.96. The van der Waals surface area contributed by atoms with Crippen molar-refractivity contribution < 1.29 is 5.11 Å². The maximum absolute atomic E-state index is 10.5. The van der Waals surface area contributed by atoms with Crippen molar-refractivity contribution in [1.82, 2.24) is 9.78 Å². The van der Waals surface area contributed by atoms with E-state index in [4.69, 9.17) is 0 Å². The van der Waals surface area contributed by atoms with Crippen LogP contribution in [0.3, 0.4) is 0 Å². The Kier molecular flexibility index (Phi) is 3.53. The SMILES string of the molecule is CCn1nccc1C(O)c1cc(C)c(C)cc1C. The van der Waals surface area contributed by atoms with E-state index in [-0.39, 0.29) is 0 Å². The van der Waals surface area contributed by atoms with Gasteiger partial charge in [0.1, 0.15) is 6.10 Å². The van der Waals surface area contributed by atoms with Gasteiger partial charge in [0.15, 0.2) is 0 Å². The summed E-state index contributed by atoms with van der Waals surface area (Å²) < 4.78 is 1.83. The van der Waals surface area contributed by atoms with Crippen molar-refractivity contribution in [3.05, 3.63) is 52.3 Å². The van der Waals surface area contributed by atoms with Crippen molar-refractivity contribution in [1.29, 1.82) is 0 Å². The number of aryl methyl sites for hydroxylation is 4. The highest BCUT2D eigenvalue weighted by atomic mass is 16.3. The lowest BCUT2D eigenvalue weighted by Gasteiger charge is -2.17. The summed E-state index contributed by atoms with van der Waals surface area (Å²) in [5, 5.41) is 14.7. The second kappa shape index (κ2) is 4.94. The van der Waals surface area contributed by atoms with Gasteiger partial charge in [0.25, 0.3) is 0 Å². The van der Waals surface area contributed by atoms with Gasteiger partial charge in [-0.2, -0.15) is 5.10 Å². The molecule has 0 amide bonds. The second-order valence-corrected chi connectivity index (χ2v) is 4.77. The third kappa shape index (κ3) is 2.18. The zero-order valence-corrected chi connectivity index (χ0v) is 11.4. The van der Waals surface area contributed by atoms with E-state index in [1.54, 1.807) is 6.20 Å². The minimum Gasteiger partial charge on any atom is -0.382 e.